The average Bonchev–Trinajstić information content (AvgIpc) is 3.47. The van der Waals surface area contributed by atoms with Gasteiger partial charge in [0.05, 0.1) is 17.1 Å². The predicted octanol–water partition coefficient (Wildman–Crippen LogP) is 3.27. The molecule has 0 saturated carbocycles. The van der Waals surface area contributed by atoms with Crippen LogP contribution >= 0.6 is 23.1 Å². The van der Waals surface area contributed by atoms with Gasteiger partial charge < -0.3 is 14.2 Å². The number of benzene rings is 2. The summed E-state index contributed by atoms with van der Waals surface area (Å²) < 4.78 is 36.9. The molecule has 218 valence electrons. The quantitative estimate of drug-likeness (QED) is 0.116. The number of thiophene rings is 1. The van der Waals surface area contributed by atoms with Gasteiger partial charge in [-0.05, 0) is 48.2 Å². The van der Waals surface area contributed by atoms with Gasteiger partial charge in [-0.2, -0.15) is 8.42 Å². The number of carbonyl (C=O) groups excluding carboxylic acids is 3. The number of rotatable bonds is 10. The molecule has 1 saturated heterocycles. The first-order valence-corrected chi connectivity index (χ1v) is 15.8. The number of nitro groups is 1. The number of nitrogens with zero attached hydrogens (tertiary/aromatic N) is 2. The number of aryl methyl sites for hydroxylation is 1. The highest BCUT2D eigenvalue weighted by atomic mass is 32.2. The fourth-order valence-corrected chi connectivity index (χ4v) is 7.26. The highest BCUT2D eigenvalue weighted by Crippen LogP contribution is 2.42. The molecule has 0 radical (unpaired) electrons. The monoisotopic (exact) mass is 629 g/mol. The molecule has 42 heavy (non-hydrogen) atoms. The summed E-state index contributed by atoms with van der Waals surface area (Å²) in [5.74, 6) is -2.40. The van der Waals surface area contributed by atoms with Crippen LogP contribution in [0.1, 0.15) is 16.0 Å². The molecule has 1 aromatic heterocycles. The molecule has 2 aliphatic rings. The minimum Gasteiger partial charge on any atom is -0.456 e. The van der Waals surface area contributed by atoms with Crippen LogP contribution in [-0.2, 0) is 46.4 Å². The fourth-order valence-electron chi connectivity index (χ4n) is 4.26. The summed E-state index contributed by atoms with van der Waals surface area (Å²) >= 11 is 2.54. The van der Waals surface area contributed by atoms with Crippen molar-refractivity contribution in [2.24, 2.45) is 0 Å². The van der Waals surface area contributed by atoms with Gasteiger partial charge in [-0.15, -0.1) is 23.1 Å². The van der Waals surface area contributed by atoms with Gasteiger partial charge in [0.2, 0.25) is 5.91 Å². The van der Waals surface area contributed by atoms with Gasteiger partial charge in [-0.25, -0.2) is 4.79 Å². The van der Waals surface area contributed by atoms with Gasteiger partial charge in [0.15, 0.2) is 11.5 Å². The second-order valence-corrected chi connectivity index (χ2v) is 13.0. The number of ether oxygens (including phenoxy) is 1. The molecule has 1 unspecified atom stereocenters. The Morgan fingerprint density at radius 2 is 1.83 bits per heavy atom. The molecule has 0 aliphatic carbocycles. The predicted molar refractivity (Wildman–Crippen MR) is 152 cm³/mol. The van der Waals surface area contributed by atoms with E-state index in [1.165, 1.54) is 47.7 Å². The number of hydrogen-bond acceptors (Lipinski definition) is 11. The summed E-state index contributed by atoms with van der Waals surface area (Å²) in [5, 5.41) is 14.8. The van der Waals surface area contributed by atoms with E-state index in [0.29, 0.717) is 5.56 Å². The Morgan fingerprint density at radius 3 is 2.48 bits per heavy atom. The molecule has 1 fully saturated rings. The number of β-lactam (4-membered cyclic amide) rings is 1. The first-order chi connectivity index (χ1) is 20.0. The first-order valence-electron chi connectivity index (χ1n) is 12.4. The Bertz CT molecular complexity index is 1670. The largest absolute Gasteiger partial charge is 0.456 e. The molecule has 2 amide bonds. The lowest BCUT2D eigenvalue weighted by atomic mass is 10.0. The molecule has 0 bridgehead atoms. The third-order valence-electron chi connectivity index (χ3n) is 6.40. The Kier molecular flexibility index (Phi) is 8.34. The smallest absolute Gasteiger partial charge is 0.359 e. The second-order valence-electron chi connectivity index (χ2n) is 9.33. The maximum absolute atomic E-state index is 13.3. The van der Waals surface area contributed by atoms with Crippen molar-refractivity contribution in [1.29, 1.82) is 0 Å². The number of nitro benzene ring substituents is 1. The molecule has 12 nitrogen and oxygen atoms in total. The number of amides is 2. The summed E-state index contributed by atoms with van der Waals surface area (Å²) in [5.41, 5.74) is 0.734. The minimum atomic E-state index is -4.37. The summed E-state index contributed by atoms with van der Waals surface area (Å²) in [6.07, 6.45) is 0.0853. The molecule has 5 rings (SSSR count). The number of thioether (sulfide) groups is 1. The number of non-ortho nitro benzene ring substituents is 1. The molecule has 15 heteroatoms. The SMILES string of the molecule is Cc1ccc(S(=O)(=O)OC2=C(C(=O)OCc3ccc([N+](=O)[O-])cc3)N3C(=O)C(NC(=O)Cc4cccs4)[C@H]3SC2)cc1. The minimum absolute atomic E-state index is 0.0853. The maximum Gasteiger partial charge on any atom is 0.359 e. The van der Waals surface area contributed by atoms with Crippen molar-refractivity contribution >= 4 is 56.7 Å². The molecule has 2 aliphatic heterocycles. The van der Waals surface area contributed by atoms with Gasteiger partial charge >= 0.3 is 16.1 Å². The topological polar surface area (TPSA) is 162 Å². The molecule has 1 N–H and O–H groups in total. The molecular formula is C27H23N3O9S3. The van der Waals surface area contributed by atoms with Gasteiger partial charge in [0.25, 0.3) is 11.6 Å². The normalized spacial score (nSPS) is 18.1. The zero-order valence-electron chi connectivity index (χ0n) is 21.9. The third kappa shape index (κ3) is 6.17. The van der Waals surface area contributed by atoms with Crippen LogP contribution in [0.2, 0.25) is 0 Å². The van der Waals surface area contributed by atoms with Crippen molar-refractivity contribution in [3.63, 3.8) is 0 Å². The van der Waals surface area contributed by atoms with E-state index in [0.717, 1.165) is 27.1 Å². The van der Waals surface area contributed by atoms with Gasteiger partial charge in [0, 0.05) is 17.0 Å². The summed E-state index contributed by atoms with van der Waals surface area (Å²) in [6, 6.07) is 13.9. The number of hydrogen-bond donors (Lipinski definition) is 1. The van der Waals surface area contributed by atoms with Gasteiger partial charge in [-0.1, -0.05) is 23.8 Å². The van der Waals surface area contributed by atoms with Crippen molar-refractivity contribution < 1.29 is 36.6 Å². The van der Waals surface area contributed by atoms with E-state index in [1.807, 2.05) is 11.4 Å². The Balaban J connectivity index is 1.38. The van der Waals surface area contributed by atoms with Crippen molar-refractivity contribution in [3.8, 4) is 0 Å². The van der Waals surface area contributed by atoms with E-state index in [1.54, 1.807) is 25.1 Å². The summed E-state index contributed by atoms with van der Waals surface area (Å²) in [6.45, 7) is 1.49. The van der Waals surface area contributed by atoms with Crippen LogP contribution < -0.4 is 5.32 Å². The van der Waals surface area contributed by atoms with E-state index >= 15 is 0 Å². The highest BCUT2D eigenvalue weighted by molar-refractivity contribution is 8.00. The molecule has 3 aromatic rings. The molecule has 2 atom stereocenters. The molecular weight excluding hydrogens is 607 g/mol. The highest BCUT2D eigenvalue weighted by Gasteiger charge is 2.55. The van der Waals surface area contributed by atoms with Crippen LogP contribution in [-0.4, -0.2) is 53.2 Å². The lowest BCUT2D eigenvalue weighted by molar-refractivity contribution is -0.384. The van der Waals surface area contributed by atoms with Crippen molar-refractivity contribution in [2.75, 3.05) is 5.75 Å². The molecule has 2 aromatic carbocycles. The summed E-state index contributed by atoms with van der Waals surface area (Å²) in [7, 11) is -4.37. The zero-order valence-corrected chi connectivity index (χ0v) is 24.4. The van der Waals surface area contributed by atoms with Crippen LogP contribution in [0.5, 0.6) is 0 Å². The van der Waals surface area contributed by atoms with Crippen molar-refractivity contribution in [1.82, 2.24) is 10.2 Å². The number of esters is 1. The molecule has 3 heterocycles. The Labute approximate surface area is 248 Å². The zero-order chi connectivity index (χ0) is 30.0. The van der Waals surface area contributed by atoms with Gasteiger partial charge in [-0.3, -0.25) is 24.6 Å². The van der Waals surface area contributed by atoms with Crippen LogP contribution in [0.15, 0.2) is 82.4 Å². The lowest BCUT2D eigenvalue weighted by Crippen LogP contribution is -2.70. The van der Waals surface area contributed by atoms with E-state index in [2.05, 4.69) is 5.32 Å². The van der Waals surface area contributed by atoms with E-state index in [-0.39, 0.29) is 46.7 Å². The standard InChI is InChI=1S/C27H23N3O9S3/c1-16-4-10-20(11-5-16)42(36,37)39-21-15-41-26-23(28-22(31)13-19-3-2-12-40-19)25(32)29(26)24(21)27(33)38-14-17-6-8-18(9-7-17)30(34)35/h2-12,23,26H,13-15H2,1H3,(H,28,31)/t23?,26-/m1/s1. The summed E-state index contributed by atoms with van der Waals surface area (Å²) in [4.78, 5) is 51.3. The van der Waals surface area contributed by atoms with E-state index < -0.39 is 38.3 Å². The fraction of sp³-hybridized carbons (Fsp3) is 0.222. The van der Waals surface area contributed by atoms with Crippen LogP contribution in [0.4, 0.5) is 5.69 Å². The van der Waals surface area contributed by atoms with Crippen LogP contribution in [0, 0.1) is 17.0 Å². The second kappa shape index (κ2) is 12.0. The molecule has 0 spiro atoms. The Hall–Kier alpha value is -4.21. The first kappa shape index (κ1) is 29.3. The van der Waals surface area contributed by atoms with Crippen molar-refractivity contribution in [2.45, 2.75) is 36.3 Å². The third-order valence-corrected chi connectivity index (χ3v) is 9.79. The number of fused-ring (bicyclic) bond motifs is 1. The van der Waals surface area contributed by atoms with Crippen molar-refractivity contribution in [3.05, 3.63) is 104 Å². The average molecular weight is 630 g/mol. The van der Waals surface area contributed by atoms with Crippen LogP contribution in [0.25, 0.3) is 0 Å². The van der Waals surface area contributed by atoms with E-state index in [9.17, 15) is 32.9 Å². The van der Waals surface area contributed by atoms with E-state index in [4.69, 9.17) is 8.92 Å². The number of carbonyl (C=O) groups is 3. The van der Waals surface area contributed by atoms with Gasteiger partial charge in [0.1, 0.15) is 22.9 Å². The number of nitrogens with one attached hydrogen (secondary N) is 1. The maximum atomic E-state index is 13.3. The lowest BCUT2D eigenvalue weighted by Gasteiger charge is -2.49. The Morgan fingerprint density at radius 1 is 1.12 bits per heavy atom. The van der Waals surface area contributed by atoms with Crippen LogP contribution in [0.3, 0.4) is 0 Å².